The van der Waals surface area contributed by atoms with Crippen molar-refractivity contribution in [3.63, 3.8) is 0 Å². The van der Waals surface area contributed by atoms with Crippen LogP contribution in [-0.4, -0.2) is 49.2 Å². The molecule has 1 heterocycles. The Hall–Kier alpha value is -0.730. The van der Waals surface area contributed by atoms with E-state index in [-0.39, 0.29) is 30.1 Å². The number of guanidine groups is 1. The van der Waals surface area contributed by atoms with E-state index in [9.17, 15) is 4.79 Å². The third kappa shape index (κ3) is 8.46. The molecule has 1 amide bonds. The summed E-state index contributed by atoms with van der Waals surface area (Å²) in [6, 6.07) is 0.303. The van der Waals surface area contributed by atoms with Crippen LogP contribution < -0.4 is 11.1 Å². The summed E-state index contributed by atoms with van der Waals surface area (Å²) in [5, 5.41) is 3.30. The number of nitrogens with one attached hydrogen (secondary N) is 1. The Morgan fingerprint density at radius 1 is 1.20 bits per heavy atom. The molecule has 0 radical (unpaired) electrons. The number of ether oxygens (including phenoxy) is 1. The molecule has 0 aromatic heterocycles. The molecule has 2 aliphatic rings. The number of likely N-dealkylation sites (tertiary alicyclic amines) is 1. The zero-order valence-electron chi connectivity index (χ0n) is 15.5. The van der Waals surface area contributed by atoms with E-state index >= 15 is 0 Å². The summed E-state index contributed by atoms with van der Waals surface area (Å²) in [6.45, 7) is 4.50. The maximum absolute atomic E-state index is 11.7. The Labute approximate surface area is 169 Å². The second-order valence-electron chi connectivity index (χ2n) is 7.02. The van der Waals surface area contributed by atoms with E-state index in [4.69, 9.17) is 10.5 Å². The third-order valence-electron chi connectivity index (χ3n) is 5.15. The predicted octanol–water partition coefficient (Wildman–Crippen LogP) is 3.49. The van der Waals surface area contributed by atoms with Gasteiger partial charge >= 0.3 is 6.09 Å². The second-order valence-corrected chi connectivity index (χ2v) is 7.02. The van der Waals surface area contributed by atoms with Crippen molar-refractivity contribution in [1.29, 1.82) is 0 Å². The molecule has 3 N–H and O–H groups in total. The number of rotatable bonds is 6. The Kier molecular flexibility index (Phi) is 11.2. The normalized spacial score (nSPS) is 20.0. The average Bonchev–Trinajstić information content (AvgIpc) is 2.60. The first-order chi connectivity index (χ1) is 11.7. The van der Waals surface area contributed by atoms with Crippen LogP contribution in [0.15, 0.2) is 4.99 Å². The van der Waals surface area contributed by atoms with E-state index in [1.54, 1.807) is 4.90 Å². The van der Waals surface area contributed by atoms with Gasteiger partial charge in [-0.1, -0.05) is 32.1 Å². The van der Waals surface area contributed by atoms with E-state index in [2.05, 4.69) is 10.3 Å². The quantitative estimate of drug-likeness (QED) is 0.272. The van der Waals surface area contributed by atoms with Gasteiger partial charge in [0.15, 0.2) is 5.96 Å². The van der Waals surface area contributed by atoms with Crippen LogP contribution in [0.2, 0.25) is 0 Å². The van der Waals surface area contributed by atoms with Gasteiger partial charge in [-0.15, -0.1) is 24.0 Å². The first kappa shape index (κ1) is 22.3. The number of hydrogen-bond acceptors (Lipinski definition) is 3. The molecule has 1 aliphatic heterocycles. The lowest BCUT2D eigenvalue weighted by Gasteiger charge is -2.31. The Bertz CT molecular complexity index is 406. The molecule has 1 saturated heterocycles. The number of halogens is 1. The molecular weight excluding hydrogens is 431 g/mol. The molecule has 0 bridgehead atoms. The molecule has 0 aromatic rings. The topological polar surface area (TPSA) is 80.0 Å². The number of piperidine rings is 1. The summed E-state index contributed by atoms with van der Waals surface area (Å²) in [5.74, 6) is 1.46. The Morgan fingerprint density at radius 3 is 2.52 bits per heavy atom. The maximum Gasteiger partial charge on any atom is 0.409 e. The highest BCUT2D eigenvalue weighted by molar-refractivity contribution is 14.0. The summed E-state index contributed by atoms with van der Waals surface area (Å²) in [6.07, 6.45) is 11.0. The van der Waals surface area contributed by atoms with Crippen LogP contribution in [0, 0.1) is 5.92 Å². The molecule has 1 aliphatic carbocycles. The fraction of sp³-hybridized carbons (Fsp3) is 0.889. The van der Waals surface area contributed by atoms with Crippen molar-refractivity contribution >= 4 is 36.0 Å². The lowest BCUT2D eigenvalue weighted by molar-refractivity contribution is 0.0963. The minimum atomic E-state index is -0.208. The zero-order chi connectivity index (χ0) is 17.2. The van der Waals surface area contributed by atoms with Gasteiger partial charge in [-0.05, 0) is 38.5 Å². The average molecular weight is 466 g/mol. The number of aliphatic imine (C=N–C) groups is 1. The van der Waals surface area contributed by atoms with Crippen molar-refractivity contribution in [1.82, 2.24) is 10.2 Å². The smallest absolute Gasteiger partial charge is 0.409 e. The molecule has 0 spiro atoms. The summed E-state index contributed by atoms with van der Waals surface area (Å²) in [5.41, 5.74) is 6.00. The lowest BCUT2D eigenvalue weighted by Crippen LogP contribution is -2.48. The summed E-state index contributed by atoms with van der Waals surface area (Å²) >= 11 is 0. The minimum absolute atomic E-state index is 0. The van der Waals surface area contributed by atoms with Gasteiger partial charge in [0.1, 0.15) is 0 Å². The molecule has 25 heavy (non-hydrogen) atoms. The number of hydrogen-bond donors (Lipinski definition) is 2. The van der Waals surface area contributed by atoms with Crippen LogP contribution in [-0.2, 0) is 4.74 Å². The number of nitrogens with zero attached hydrogens (tertiary/aromatic N) is 2. The molecule has 0 unspecified atom stereocenters. The van der Waals surface area contributed by atoms with Gasteiger partial charge in [0.25, 0.3) is 0 Å². The van der Waals surface area contributed by atoms with E-state index < -0.39 is 0 Å². The Balaban J connectivity index is 0.00000312. The SMILES string of the molecule is CCOC(=O)N1CCC(NC(N)=NCCCC2CCCCC2)CC1.I. The minimum Gasteiger partial charge on any atom is -0.450 e. The molecule has 1 saturated carbocycles. The summed E-state index contributed by atoms with van der Waals surface area (Å²) in [4.78, 5) is 17.9. The van der Waals surface area contributed by atoms with Crippen molar-refractivity contribution < 1.29 is 9.53 Å². The van der Waals surface area contributed by atoms with Gasteiger partial charge in [-0.25, -0.2) is 4.79 Å². The van der Waals surface area contributed by atoms with Crippen molar-refractivity contribution in [2.24, 2.45) is 16.6 Å². The predicted molar refractivity (Wildman–Crippen MR) is 112 cm³/mol. The molecule has 146 valence electrons. The molecular formula is C18H35IN4O2. The molecule has 6 nitrogen and oxygen atoms in total. The van der Waals surface area contributed by atoms with Crippen LogP contribution in [0.5, 0.6) is 0 Å². The summed E-state index contributed by atoms with van der Waals surface area (Å²) < 4.78 is 5.03. The van der Waals surface area contributed by atoms with E-state index in [0.29, 0.717) is 31.7 Å². The number of amides is 1. The first-order valence-electron chi connectivity index (χ1n) is 9.67. The Morgan fingerprint density at radius 2 is 1.88 bits per heavy atom. The van der Waals surface area contributed by atoms with Crippen LogP contribution in [0.3, 0.4) is 0 Å². The van der Waals surface area contributed by atoms with Crippen molar-refractivity contribution in [3.8, 4) is 0 Å². The van der Waals surface area contributed by atoms with E-state index in [0.717, 1.165) is 31.7 Å². The molecule has 2 fully saturated rings. The van der Waals surface area contributed by atoms with Crippen LogP contribution in [0.1, 0.15) is 64.7 Å². The highest BCUT2D eigenvalue weighted by Gasteiger charge is 2.23. The highest BCUT2D eigenvalue weighted by atomic mass is 127. The fourth-order valence-corrected chi connectivity index (χ4v) is 3.73. The first-order valence-corrected chi connectivity index (χ1v) is 9.67. The second kappa shape index (κ2) is 12.6. The standard InChI is InChI=1S/C18H34N4O2.HI/c1-2-24-18(23)22-13-10-16(11-14-22)21-17(19)20-12-6-9-15-7-4-3-5-8-15;/h15-16H,2-14H2,1H3,(H3,19,20,21);1H. The van der Waals surface area contributed by atoms with Gasteiger partial charge in [0, 0.05) is 25.7 Å². The lowest BCUT2D eigenvalue weighted by atomic mass is 9.86. The van der Waals surface area contributed by atoms with Crippen LogP contribution >= 0.6 is 24.0 Å². The van der Waals surface area contributed by atoms with E-state index in [1.807, 2.05) is 6.92 Å². The molecule has 2 rings (SSSR count). The van der Waals surface area contributed by atoms with Crippen LogP contribution in [0.25, 0.3) is 0 Å². The summed E-state index contributed by atoms with van der Waals surface area (Å²) in [7, 11) is 0. The van der Waals surface area contributed by atoms with Gasteiger partial charge in [-0.3, -0.25) is 4.99 Å². The molecule has 0 aromatic carbocycles. The van der Waals surface area contributed by atoms with Crippen molar-refractivity contribution in [2.45, 2.75) is 70.8 Å². The van der Waals surface area contributed by atoms with Crippen molar-refractivity contribution in [3.05, 3.63) is 0 Å². The van der Waals surface area contributed by atoms with Crippen molar-refractivity contribution in [2.75, 3.05) is 26.2 Å². The van der Waals surface area contributed by atoms with Gasteiger partial charge in [0.2, 0.25) is 0 Å². The monoisotopic (exact) mass is 466 g/mol. The largest absolute Gasteiger partial charge is 0.450 e. The molecule has 7 heteroatoms. The number of carbonyl (C=O) groups excluding carboxylic acids is 1. The highest BCUT2D eigenvalue weighted by Crippen LogP contribution is 2.27. The maximum atomic E-state index is 11.7. The number of nitrogens with two attached hydrogens (primary N) is 1. The van der Waals surface area contributed by atoms with Gasteiger partial charge in [0.05, 0.1) is 6.61 Å². The zero-order valence-corrected chi connectivity index (χ0v) is 17.9. The van der Waals surface area contributed by atoms with E-state index in [1.165, 1.54) is 38.5 Å². The third-order valence-corrected chi connectivity index (χ3v) is 5.15. The van der Waals surface area contributed by atoms with Gasteiger partial charge < -0.3 is 20.7 Å². The molecule has 0 atom stereocenters. The number of carbonyl (C=O) groups is 1. The van der Waals surface area contributed by atoms with Gasteiger partial charge in [-0.2, -0.15) is 0 Å². The van der Waals surface area contributed by atoms with Crippen LogP contribution in [0.4, 0.5) is 4.79 Å². The fourth-order valence-electron chi connectivity index (χ4n) is 3.73.